The average Bonchev–Trinajstić information content (AvgIpc) is 2.99. The third-order valence-corrected chi connectivity index (χ3v) is 5.99. The minimum atomic E-state index is -0.462. The van der Waals surface area contributed by atoms with Crippen LogP contribution in [0, 0.1) is 0 Å². The second kappa shape index (κ2) is 11.1. The first-order valence-corrected chi connectivity index (χ1v) is 11.1. The predicted molar refractivity (Wildman–Crippen MR) is 120 cm³/mol. The number of amides is 1. The fourth-order valence-corrected chi connectivity index (χ4v) is 4.21. The van der Waals surface area contributed by atoms with Gasteiger partial charge in [0.25, 0.3) is 5.91 Å². The number of carbonyl (C=O) groups is 1. The summed E-state index contributed by atoms with van der Waals surface area (Å²) in [4.78, 5) is 12.8. The first kappa shape index (κ1) is 23.1. The van der Waals surface area contributed by atoms with E-state index in [1.54, 1.807) is 12.4 Å². The Morgan fingerprint density at radius 3 is 2.48 bits per heavy atom. The van der Waals surface area contributed by atoms with E-state index in [1.165, 1.54) is 11.9 Å². The lowest BCUT2D eigenvalue weighted by atomic mass is 10.2. The molecule has 2 aromatic rings. The van der Waals surface area contributed by atoms with Crippen LogP contribution in [0.5, 0.6) is 17.2 Å². The fraction of sp³-hybridized carbons (Fsp3) is 0.409. The number of fused-ring (bicyclic) bond motifs is 1. The van der Waals surface area contributed by atoms with Gasteiger partial charge in [-0.3, -0.25) is 10.0 Å². The Bertz CT molecular complexity index is 871. The summed E-state index contributed by atoms with van der Waals surface area (Å²) in [6.07, 6.45) is 0. The molecule has 8 nitrogen and oxygen atoms in total. The second-order valence-corrected chi connectivity index (χ2v) is 8.03. The quantitative estimate of drug-likeness (QED) is 0.305. The number of rotatable bonds is 9. The Labute approximate surface area is 187 Å². The Kier molecular flexibility index (Phi) is 8.27. The fourth-order valence-electron chi connectivity index (χ4n) is 3.17. The van der Waals surface area contributed by atoms with Gasteiger partial charge in [0.15, 0.2) is 0 Å². The maximum absolute atomic E-state index is 11.8. The maximum atomic E-state index is 11.8. The minimum absolute atomic E-state index is 0.382. The lowest BCUT2D eigenvalue weighted by Gasteiger charge is -2.24. The topological polar surface area (TPSA) is 92.3 Å². The summed E-state index contributed by atoms with van der Waals surface area (Å²) in [5.74, 6) is 1.82. The van der Waals surface area contributed by atoms with Crippen molar-refractivity contribution in [3.8, 4) is 17.2 Å². The number of nitrogens with zero attached hydrogens (tertiary/aromatic N) is 1. The zero-order chi connectivity index (χ0) is 22.2. The lowest BCUT2D eigenvalue weighted by Crippen LogP contribution is -2.41. The van der Waals surface area contributed by atoms with Crippen LogP contribution in [0.4, 0.5) is 5.69 Å². The van der Waals surface area contributed by atoms with Crippen molar-refractivity contribution >= 4 is 23.5 Å². The van der Waals surface area contributed by atoms with Gasteiger partial charge in [-0.1, -0.05) is 0 Å². The molecular formula is C22H29N3O5S. The molecule has 3 rings (SSSR count). The highest BCUT2D eigenvalue weighted by atomic mass is 32.2. The van der Waals surface area contributed by atoms with Gasteiger partial charge >= 0.3 is 0 Å². The number of benzene rings is 2. The van der Waals surface area contributed by atoms with E-state index in [1.807, 2.05) is 54.6 Å². The van der Waals surface area contributed by atoms with Crippen LogP contribution >= 0.6 is 11.9 Å². The van der Waals surface area contributed by atoms with Crippen molar-refractivity contribution < 1.29 is 24.2 Å². The molecule has 0 spiro atoms. The largest absolute Gasteiger partial charge is 0.494 e. The Hall–Kier alpha value is -2.62. The summed E-state index contributed by atoms with van der Waals surface area (Å²) in [7, 11) is 0. The van der Waals surface area contributed by atoms with Gasteiger partial charge < -0.3 is 19.5 Å². The van der Waals surface area contributed by atoms with Crippen LogP contribution in [0.2, 0.25) is 0 Å². The molecule has 0 fully saturated rings. The number of anilines is 1. The number of hydrogen-bond donors (Lipinski definition) is 3. The smallest absolute Gasteiger partial charge is 0.261 e. The van der Waals surface area contributed by atoms with Crippen LogP contribution in [-0.2, 0) is 11.4 Å². The molecule has 0 unspecified atom stereocenters. The molecule has 3 N–H and O–H groups in total. The van der Waals surface area contributed by atoms with Crippen LogP contribution in [0.15, 0.2) is 41.3 Å². The molecule has 168 valence electrons. The molecule has 0 radical (unpaired) electrons. The van der Waals surface area contributed by atoms with E-state index in [4.69, 9.17) is 19.4 Å². The van der Waals surface area contributed by atoms with Crippen LogP contribution < -0.4 is 25.0 Å². The zero-order valence-corrected chi connectivity index (χ0v) is 18.8. The van der Waals surface area contributed by atoms with Gasteiger partial charge in [0.2, 0.25) is 0 Å². The van der Waals surface area contributed by atoms with E-state index in [0.717, 1.165) is 33.4 Å². The number of carbonyl (C=O) groups excluding carboxylic acids is 1. The Balaban J connectivity index is 1.69. The van der Waals surface area contributed by atoms with Crippen molar-refractivity contribution in [3.05, 3.63) is 42.0 Å². The molecule has 1 amide bonds. The molecule has 0 bridgehead atoms. The molecule has 1 heterocycles. The molecule has 0 aromatic heterocycles. The summed E-state index contributed by atoms with van der Waals surface area (Å²) in [6, 6.07) is 11.2. The predicted octanol–water partition coefficient (Wildman–Crippen LogP) is 3.69. The Morgan fingerprint density at radius 2 is 1.84 bits per heavy atom. The zero-order valence-electron chi connectivity index (χ0n) is 18.0. The number of ether oxygens (including phenoxy) is 3. The van der Waals surface area contributed by atoms with Crippen LogP contribution in [0.25, 0.3) is 0 Å². The van der Waals surface area contributed by atoms with Crippen LogP contribution in [-0.4, -0.2) is 47.8 Å². The van der Waals surface area contributed by atoms with Gasteiger partial charge in [-0.2, -0.15) is 0 Å². The lowest BCUT2D eigenvalue weighted by molar-refractivity contribution is -0.132. The first-order chi connectivity index (χ1) is 15.0. The Morgan fingerprint density at radius 1 is 1.13 bits per heavy atom. The van der Waals surface area contributed by atoms with E-state index in [0.29, 0.717) is 32.9 Å². The second-order valence-electron chi connectivity index (χ2n) is 6.94. The summed E-state index contributed by atoms with van der Waals surface area (Å²) >= 11 is 1.48. The van der Waals surface area contributed by atoms with Crippen molar-refractivity contribution in [2.45, 2.75) is 38.3 Å². The van der Waals surface area contributed by atoms with Crippen molar-refractivity contribution in [1.82, 2.24) is 9.79 Å². The number of hydrogen-bond acceptors (Lipinski definition) is 8. The maximum Gasteiger partial charge on any atom is 0.261 e. The molecule has 31 heavy (non-hydrogen) atoms. The molecule has 1 aliphatic rings. The standard InChI is InChI=1S/C22H29N3O5S/c1-4-28-18-10-16(11-19(12-18)29-5-2)14-30-17-6-7-21-20(13-17)23-8-9-25(31-21)15(3)22(26)24-27/h6-7,10-13,15,23,27H,4-5,8-9,14H2,1-3H3,(H,24,26)/t15-/m1/s1. The molecule has 1 aliphatic heterocycles. The van der Waals surface area contributed by atoms with Gasteiger partial charge in [-0.05, 0) is 62.5 Å². The van der Waals surface area contributed by atoms with E-state index in [2.05, 4.69) is 5.32 Å². The first-order valence-electron chi connectivity index (χ1n) is 10.3. The van der Waals surface area contributed by atoms with E-state index >= 15 is 0 Å². The highest BCUT2D eigenvalue weighted by Crippen LogP contribution is 2.36. The molecule has 1 atom stereocenters. The normalized spacial score (nSPS) is 14.6. The van der Waals surface area contributed by atoms with Gasteiger partial charge in [0, 0.05) is 30.1 Å². The highest BCUT2D eigenvalue weighted by Gasteiger charge is 2.25. The van der Waals surface area contributed by atoms with Crippen LogP contribution in [0.1, 0.15) is 26.3 Å². The van der Waals surface area contributed by atoms with Crippen molar-refractivity contribution in [3.63, 3.8) is 0 Å². The van der Waals surface area contributed by atoms with Crippen molar-refractivity contribution in [2.24, 2.45) is 0 Å². The van der Waals surface area contributed by atoms with Crippen molar-refractivity contribution in [1.29, 1.82) is 0 Å². The number of nitrogens with one attached hydrogen (secondary N) is 2. The van der Waals surface area contributed by atoms with E-state index in [-0.39, 0.29) is 0 Å². The van der Waals surface area contributed by atoms with Gasteiger partial charge in [-0.25, -0.2) is 9.79 Å². The van der Waals surface area contributed by atoms with Gasteiger partial charge in [0.05, 0.1) is 24.9 Å². The third kappa shape index (κ3) is 6.19. The molecular weight excluding hydrogens is 418 g/mol. The SMILES string of the molecule is CCOc1cc(COc2ccc3c(c2)NCCN([C@H](C)C(=O)NO)S3)cc(OCC)c1. The summed E-state index contributed by atoms with van der Waals surface area (Å²) in [5, 5.41) is 12.3. The number of hydroxylamine groups is 1. The van der Waals surface area contributed by atoms with Gasteiger partial charge in [-0.15, -0.1) is 0 Å². The van der Waals surface area contributed by atoms with Crippen molar-refractivity contribution in [2.75, 3.05) is 31.6 Å². The summed E-state index contributed by atoms with van der Waals surface area (Å²) in [5.41, 5.74) is 3.62. The average molecular weight is 448 g/mol. The molecule has 0 aliphatic carbocycles. The minimum Gasteiger partial charge on any atom is -0.494 e. The molecule has 0 saturated heterocycles. The van der Waals surface area contributed by atoms with Gasteiger partial charge in [0.1, 0.15) is 23.9 Å². The molecule has 9 heteroatoms. The van der Waals surface area contributed by atoms with E-state index < -0.39 is 11.9 Å². The molecule has 0 saturated carbocycles. The summed E-state index contributed by atoms with van der Waals surface area (Å²) < 4.78 is 19.2. The van der Waals surface area contributed by atoms with E-state index in [9.17, 15) is 4.79 Å². The van der Waals surface area contributed by atoms with Crippen LogP contribution in [0.3, 0.4) is 0 Å². The summed E-state index contributed by atoms with van der Waals surface area (Å²) in [6.45, 7) is 8.51. The molecule has 2 aromatic carbocycles. The monoisotopic (exact) mass is 447 g/mol. The third-order valence-electron chi connectivity index (χ3n) is 4.70. The highest BCUT2D eigenvalue weighted by molar-refractivity contribution is 7.97.